The third kappa shape index (κ3) is 4.46. The molecule has 0 radical (unpaired) electrons. The highest BCUT2D eigenvalue weighted by Crippen LogP contribution is 2.21. The molecule has 3 rings (SSSR count). The Bertz CT molecular complexity index is 1070. The zero-order chi connectivity index (χ0) is 21.0. The Labute approximate surface area is 170 Å². The van der Waals surface area contributed by atoms with Crippen LogP contribution in [0.25, 0.3) is 11.8 Å². The summed E-state index contributed by atoms with van der Waals surface area (Å²) in [5, 5.41) is 2.79. The molecule has 0 aliphatic heterocycles. The molecule has 0 bridgehead atoms. The number of aromatic nitrogens is 1. The Morgan fingerprint density at radius 3 is 2.34 bits per heavy atom. The number of rotatable bonds is 5. The van der Waals surface area contributed by atoms with Gasteiger partial charge in [-0.2, -0.15) is 0 Å². The maximum Gasteiger partial charge on any atom is 0.337 e. The highest BCUT2D eigenvalue weighted by atomic mass is 16.5. The van der Waals surface area contributed by atoms with E-state index in [-0.39, 0.29) is 5.91 Å². The van der Waals surface area contributed by atoms with E-state index in [1.165, 1.54) is 7.11 Å². The van der Waals surface area contributed by atoms with E-state index in [1.807, 2.05) is 45.0 Å². The van der Waals surface area contributed by atoms with E-state index >= 15 is 0 Å². The van der Waals surface area contributed by atoms with E-state index in [4.69, 9.17) is 4.74 Å². The second-order valence-corrected chi connectivity index (χ2v) is 6.88. The molecule has 0 unspecified atom stereocenters. The van der Waals surface area contributed by atoms with Gasteiger partial charge in [-0.25, -0.2) is 4.79 Å². The lowest BCUT2D eigenvalue weighted by Gasteiger charge is -2.14. The largest absolute Gasteiger partial charge is 0.465 e. The molecular weight excluding hydrogens is 364 g/mol. The fourth-order valence-electron chi connectivity index (χ4n) is 3.22. The smallest absolute Gasteiger partial charge is 0.337 e. The third-order valence-corrected chi connectivity index (χ3v) is 4.78. The van der Waals surface area contributed by atoms with E-state index in [0.717, 1.165) is 28.2 Å². The molecule has 0 aliphatic rings. The van der Waals surface area contributed by atoms with E-state index in [9.17, 15) is 9.59 Å². The average molecular weight is 388 g/mol. The van der Waals surface area contributed by atoms with Crippen molar-refractivity contribution >= 4 is 18.0 Å². The van der Waals surface area contributed by atoms with Crippen molar-refractivity contribution in [3.63, 3.8) is 0 Å². The van der Waals surface area contributed by atoms with Gasteiger partial charge in [-0.3, -0.25) is 4.79 Å². The van der Waals surface area contributed by atoms with Crippen molar-refractivity contribution in [2.75, 3.05) is 7.11 Å². The van der Waals surface area contributed by atoms with Crippen molar-refractivity contribution in [1.29, 1.82) is 0 Å². The second kappa shape index (κ2) is 8.61. The molecule has 0 saturated heterocycles. The summed E-state index contributed by atoms with van der Waals surface area (Å²) < 4.78 is 6.86. The molecule has 148 valence electrons. The molecule has 0 saturated carbocycles. The van der Waals surface area contributed by atoms with Crippen LogP contribution in [0.4, 0.5) is 0 Å². The maximum absolute atomic E-state index is 12.6. The highest BCUT2D eigenvalue weighted by molar-refractivity contribution is 5.96. The molecule has 1 amide bonds. The number of hydrogen-bond acceptors (Lipinski definition) is 3. The van der Waals surface area contributed by atoms with Crippen LogP contribution >= 0.6 is 0 Å². The van der Waals surface area contributed by atoms with Gasteiger partial charge in [0.15, 0.2) is 0 Å². The predicted molar refractivity (Wildman–Crippen MR) is 114 cm³/mol. The summed E-state index contributed by atoms with van der Waals surface area (Å²) in [6.07, 6.45) is 3.31. The van der Waals surface area contributed by atoms with E-state index in [0.29, 0.717) is 11.1 Å². The molecule has 1 aromatic heterocycles. The lowest BCUT2D eigenvalue weighted by atomic mass is 10.1. The Morgan fingerprint density at radius 1 is 0.931 bits per heavy atom. The van der Waals surface area contributed by atoms with Gasteiger partial charge in [0.05, 0.1) is 12.7 Å². The van der Waals surface area contributed by atoms with Gasteiger partial charge >= 0.3 is 5.97 Å². The first kappa shape index (κ1) is 20.1. The Morgan fingerprint density at radius 2 is 1.66 bits per heavy atom. The highest BCUT2D eigenvalue weighted by Gasteiger charge is 2.11. The maximum atomic E-state index is 12.6. The van der Waals surface area contributed by atoms with Crippen molar-refractivity contribution < 1.29 is 14.3 Å². The minimum Gasteiger partial charge on any atom is -0.465 e. The number of benzene rings is 2. The number of carbonyl (C=O) groups excluding carboxylic acids is 2. The van der Waals surface area contributed by atoms with Crippen LogP contribution in [-0.4, -0.2) is 23.6 Å². The fraction of sp³-hybridized carbons (Fsp3) is 0.167. The number of nitrogens with one attached hydrogen (secondary N) is 1. The van der Waals surface area contributed by atoms with Gasteiger partial charge in [0.1, 0.15) is 0 Å². The molecule has 0 aliphatic carbocycles. The lowest BCUT2D eigenvalue weighted by Crippen LogP contribution is -2.17. The van der Waals surface area contributed by atoms with Crippen molar-refractivity contribution in [2.45, 2.75) is 20.8 Å². The summed E-state index contributed by atoms with van der Waals surface area (Å²) in [6, 6.07) is 16.8. The van der Waals surface area contributed by atoms with Crippen molar-refractivity contribution in [1.82, 2.24) is 9.88 Å². The molecular formula is C24H24N2O3. The molecule has 2 aromatic carbocycles. The molecule has 3 aromatic rings. The van der Waals surface area contributed by atoms with Crippen LogP contribution in [0.3, 0.4) is 0 Å². The van der Waals surface area contributed by atoms with Crippen molar-refractivity contribution in [2.24, 2.45) is 0 Å². The molecule has 5 heteroatoms. The first-order valence-corrected chi connectivity index (χ1v) is 9.32. The first-order valence-electron chi connectivity index (χ1n) is 9.32. The minimum atomic E-state index is -0.396. The summed E-state index contributed by atoms with van der Waals surface area (Å²) in [7, 11) is 1.34. The number of aryl methyl sites for hydroxylation is 3. The van der Waals surface area contributed by atoms with Gasteiger partial charge in [-0.15, -0.1) is 0 Å². The van der Waals surface area contributed by atoms with Gasteiger partial charge in [0, 0.05) is 28.8 Å². The van der Waals surface area contributed by atoms with E-state index in [1.54, 1.807) is 30.5 Å². The van der Waals surface area contributed by atoms with Crippen LogP contribution in [0, 0.1) is 20.8 Å². The lowest BCUT2D eigenvalue weighted by molar-refractivity contribution is 0.0600. The SMILES string of the molecule is COC(=O)c1cccc(C=CNC(=O)c2ccc(C)c(-n3c(C)ccc3C)c2)c1. The summed E-state index contributed by atoms with van der Waals surface area (Å²) >= 11 is 0. The molecule has 0 spiro atoms. The van der Waals surface area contributed by atoms with E-state index < -0.39 is 5.97 Å². The normalized spacial score (nSPS) is 10.9. The summed E-state index contributed by atoms with van der Waals surface area (Å²) in [5.74, 6) is -0.596. The van der Waals surface area contributed by atoms with Crippen LogP contribution in [0.5, 0.6) is 0 Å². The van der Waals surface area contributed by atoms with Gasteiger partial charge in [-0.05, 0) is 74.4 Å². The zero-order valence-electron chi connectivity index (χ0n) is 17.0. The first-order chi connectivity index (χ1) is 13.9. The Balaban J connectivity index is 1.77. The molecule has 0 atom stereocenters. The van der Waals surface area contributed by atoms with Crippen molar-refractivity contribution in [3.05, 3.63) is 94.4 Å². The van der Waals surface area contributed by atoms with Crippen molar-refractivity contribution in [3.8, 4) is 5.69 Å². The minimum absolute atomic E-state index is 0.200. The van der Waals surface area contributed by atoms with Gasteiger partial charge in [-0.1, -0.05) is 18.2 Å². The van der Waals surface area contributed by atoms with Crippen LogP contribution in [0.2, 0.25) is 0 Å². The Kier molecular flexibility index (Phi) is 5.98. The topological polar surface area (TPSA) is 60.3 Å². The zero-order valence-corrected chi connectivity index (χ0v) is 17.0. The number of methoxy groups -OCH3 is 1. The van der Waals surface area contributed by atoms with Gasteiger partial charge in [0.25, 0.3) is 5.91 Å². The van der Waals surface area contributed by atoms with Crippen LogP contribution in [-0.2, 0) is 4.74 Å². The third-order valence-electron chi connectivity index (χ3n) is 4.78. The Hall–Kier alpha value is -3.60. The summed E-state index contributed by atoms with van der Waals surface area (Å²) in [6.45, 7) is 6.12. The summed E-state index contributed by atoms with van der Waals surface area (Å²) in [4.78, 5) is 24.2. The fourth-order valence-corrected chi connectivity index (χ4v) is 3.22. The standard InChI is InChI=1S/C24H24N2O3/c1-16-8-11-20(15-22(16)26-17(2)9-10-18(26)3)23(27)25-13-12-19-6-5-7-21(14-19)24(28)29-4/h5-15H,1-4H3,(H,25,27). The quantitative estimate of drug-likeness (QED) is 0.651. The number of esters is 1. The van der Waals surface area contributed by atoms with Gasteiger partial charge < -0.3 is 14.6 Å². The predicted octanol–water partition coefficient (Wildman–Crippen LogP) is 4.59. The molecule has 1 N–H and O–H groups in total. The molecule has 0 fully saturated rings. The average Bonchev–Trinajstić information content (AvgIpc) is 3.06. The van der Waals surface area contributed by atoms with Gasteiger partial charge in [0.2, 0.25) is 0 Å². The second-order valence-electron chi connectivity index (χ2n) is 6.88. The molecule has 29 heavy (non-hydrogen) atoms. The van der Waals surface area contributed by atoms with Crippen LogP contribution in [0.15, 0.2) is 60.8 Å². The number of amides is 1. The monoisotopic (exact) mass is 388 g/mol. The number of ether oxygens (including phenoxy) is 1. The molecule has 5 nitrogen and oxygen atoms in total. The molecule has 1 heterocycles. The van der Waals surface area contributed by atoms with Crippen LogP contribution < -0.4 is 5.32 Å². The number of nitrogens with zero attached hydrogens (tertiary/aromatic N) is 1. The summed E-state index contributed by atoms with van der Waals surface area (Å²) in [5.41, 5.74) is 6.15. The van der Waals surface area contributed by atoms with Crippen LogP contribution in [0.1, 0.15) is 43.2 Å². The number of hydrogen-bond donors (Lipinski definition) is 1. The number of carbonyl (C=O) groups is 2. The van der Waals surface area contributed by atoms with E-state index in [2.05, 4.69) is 22.0 Å².